The molecular formula is C15H21NO2S. The van der Waals surface area contributed by atoms with Gasteiger partial charge in [0.2, 0.25) is 0 Å². The van der Waals surface area contributed by atoms with Crippen LogP contribution < -0.4 is 0 Å². The molecule has 0 saturated heterocycles. The van der Waals surface area contributed by atoms with Crippen LogP contribution in [-0.4, -0.2) is 23.5 Å². The van der Waals surface area contributed by atoms with E-state index in [0.29, 0.717) is 6.54 Å². The summed E-state index contributed by atoms with van der Waals surface area (Å²) in [6.45, 7) is 7.83. The fourth-order valence-electron chi connectivity index (χ4n) is 2.10. The van der Waals surface area contributed by atoms with Gasteiger partial charge in [0.1, 0.15) is 0 Å². The second-order valence-electron chi connectivity index (χ2n) is 5.95. The average Bonchev–Trinajstić information content (AvgIpc) is 2.70. The van der Waals surface area contributed by atoms with Crippen molar-refractivity contribution < 1.29 is 8.42 Å². The first kappa shape index (κ1) is 14.1. The molecule has 4 heteroatoms. The largest absolute Gasteiger partial charge is 0.346 e. The predicted molar refractivity (Wildman–Crippen MR) is 80.2 cm³/mol. The highest BCUT2D eigenvalue weighted by Crippen LogP contribution is 2.21. The van der Waals surface area contributed by atoms with Gasteiger partial charge in [0.15, 0.2) is 9.84 Å². The van der Waals surface area contributed by atoms with Crippen molar-refractivity contribution in [2.45, 2.75) is 39.0 Å². The molecule has 0 spiro atoms. The van der Waals surface area contributed by atoms with Crippen LogP contribution in [0.15, 0.2) is 30.5 Å². The van der Waals surface area contributed by atoms with E-state index in [-0.39, 0.29) is 5.75 Å². The van der Waals surface area contributed by atoms with E-state index in [1.807, 2.05) is 29.0 Å². The molecule has 0 aliphatic heterocycles. The van der Waals surface area contributed by atoms with E-state index in [1.165, 1.54) is 10.9 Å². The van der Waals surface area contributed by atoms with Gasteiger partial charge in [-0.2, -0.15) is 0 Å². The Hall–Kier alpha value is -1.29. The number of sulfone groups is 1. The zero-order valence-electron chi connectivity index (χ0n) is 12.0. The number of hydrogen-bond acceptors (Lipinski definition) is 2. The molecule has 0 unspecified atom stereocenters. The van der Waals surface area contributed by atoms with E-state index in [1.54, 1.807) is 20.8 Å². The molecule has 2 aromatic rings. The molecule has 0 bridgehead atoms. The van der Waals surface area contributed by atoms with Crippen LogP contribution in [0.25, 0.3) is 10.9 Å². The lowest BCUT2D eigenvalue weighted by atomic mass is 10.1. The number of hydrogen-bond donors (Lipinski definition) is 0. The molecule has 0 N–H and O–H groups in total. The summed E-state index contributed by atoms with van der Waals surface area (Å²) < 4.78 is 25.6. The molecule has 0 fully saturated rings. The van der Waals surface area contributed by atoms with Crippen LogP contribution >= 0.6 is 0 Å². The first-order valence-corrected chi connectivity index (χ1v) is 8.14. The van der Waals surface area contributed by atoms with Gasteiger partial charge < -0.3 is 4.57 Å². The Balaban J connectivity index is 2.27. The van der Waals surface area contributed by atoms with Crippen LogP contribution in [0.2, 0.25) is 0 Å². The van der Waals surface area contributed by atoms with Gasteiger partial charge in [-0.3, -0.25) is 0 Å². The van der Waals surface area contributed by atoms with Gasteiger partial charge in [0, 0.05) is 23.6 Å². The zero-order valence-corrected chi connectivity index (χ0v) is 12.8. The van der Waals surface area contributed by atoms with E-state index in [4.69, 9.17) is 0 Å². The van der Waals surface area contributed by atoms with E-state index in [2.05, 4.69) is 13.0 Å². The molecule has 3 nitrogen and oxygen atoms in total. The van der Waals surface area contributed by atoms with Crippen LogP contribution in [0.3, 0.4) is 0 Å². The molecule has 1 aromatic heterocycles. The number of nitrogens with zero attached hydrogens (tertiary/aromatic N) is 1. The van der Waals surface area contributed by atoms with Crippen molar-refractivity contribution in [3.05, 3.63) is 36.0 Å². The van der Waals surface area contributed by atoms with Gasteiger partial charge in [0.05, 0.1) is 10.5 Å². The minimum atomic E-state index is -3.07. The number of aromatic nitrogens is 1. The molecule has 0 aliphatic rings. The normalized spacial score (nSPS) is 13.1. The maximum Gasteiger partial charge on any atom is 0.156 e. The number of fused-ring (bicyclic) bond motifs is 1. The Labute approximate surface area is 115 Å². The topological polar surface area (TPSA) is 39.1 Å². The van der Waals surface area contributed by atoms with Gasteiger partial charge >= 0.3 is 0 Å². The van der Waals surface area contributed by atoms with Crippen molar-refractivity contribution in [3.8, 4) is 0 Å². The molecule has 0 aliphatic carbocycles. The average molecular weight is 279 g/mol. The molecule has 0 atom stereocenters. The first-order valence-electron chi connectivity index (χ1n) is 6.49. The Morgan fingerprint density at radius 1 is 1.16 bits per heavy atom. The summed E-state index contributed by atoms with van der Waals surface area (Å²) in [5.41, 5.74) is 2.32. The second-order valence-corrected chi connectivity index (χ2v) is 8.81. The summed E-state index contributed by atoms with van der Waals surface area (Å²) in [5.74, 6) is 0.175. The third-order valence-electron chi connectivity index (χ3n) is 3.57. The van der Waals surface area contributed by atoms with Crippen LogP contribution in [-0.2, 0) is 16.4 Å². The molecule has 0 amide bonds. The maximum atomic E-state index is 12.1. The van der Waals surface area contributed by atoms with Gasteiger partial charge in [-0.15, -0.1) is 0 Å². The van der Waals surface area contributed by atoms with Crippen molar-refractivity contribution in [3.63, 3.8) is 0 Å². The third-order valence-corrected chi connectivity index (χ3v) is 6.15. The van der Waals surface area contributed by atoms with E-state index >= 15 is 0 Å². The maximum absolute atomic E-state index is 12.1. The van der Waals surface area contributed by atoms with E-state index in [0.717, 1.165) is 5.52 Å². The summed E-state index contributed by atoms with van der Waals surface area (Å²) >= 11 is 0. The zero-order chi connectivity index (χ0) is 14.3. The van der Waals surface area contributed by atoms with Gasteiger partial charge in [0.25, 0.3) is 0 Å². The fraction of sp³-hybridized carbons (Fsp3) is 0.467. The quantitative estimate of drug-likeness (QED) is 0.865. The Kier molecular flexibility index (Phi) is 3.47. The lowest BCUT2D eigenvalue weighted by Gasteiger charge is -2.19. The van der Waals surface area contributed by atoms with Crippen molar-refractivity contribution in [2.75, 3.05) is 5.75 Å². The van der Waals surface area contributed by atoms with E-state index in [9.17, 15) is 8.42 Å². The van der Waals surface area contributed by atoms with Gasteiger partial charge in [-0.25, -0.2) is 8.42 Å². The van der Waals surface area contributed by atoms with Gasteiger partial charge in [-0.05, 0) is 45.4 Å². The van der Waals surface area contributed by atoms with Crippen LogP contribution in [0, 0.1) is 6.92 Å². The third kappa shape index (κ3) is 2.68. The lowest BCUT2D eigenvalue weighted by molar-refractivity contribution is 0.555. The fourth-order valence-corrected chi connectivity index (χ4v) is 3.15. The summed E-state index contributed by atoms with van der Waals surface area (Å²) in [4.78, 5) is 0. The molecule has 104 valence electrons. The highest BCUT2D eigenvalue weighted by Gasteiger charge is 2.28. The first-order chi connectivity index (χ1) is 8.72. The molecule has 2 rings (SSSR count). The number of benzene rings is 1. The molecule has 0 radical (unpaired) electrons. The van der Waals surface area contributed by atoms with Crippen molar-refractivity contribution in [1.82, 2.24) is 4.57 Å². The molecule has 19 heavy (non-hydrogen) atoms. The standard InChI is InChI=1S/C15H21NO2S/c1-12-6-5-7-14-13(12)8-9-16(14)10-11-19(17,18)15(2,3)4/h5-9H,10-11H2,1-4H3. The van der Waals surface area contributed by atoms with Crippen LogP contribution in [0.5, 0.6) is 0 Å². The SMILES string of the molecule is Cc1cccc2c1ccn2CCS(=O)(=O)C(C)(C)C. The summed E-state index contributed by atoms with van der Waals surface area (Å²) in [6, 6.07) is 8.16. The van der Waals surface area contributed by atoms with Crippen molar-refractivity contribution >= 4 is 20.7 Å². The Bertz CT molecular complexity index is 690. The monoisotopic (exact) mass is 279 g/mol. The molecular weight excluding hydrogens is 258 g/mol. The summed E-state index contributed by atoms with van der Waals surface area (Å²) in [5, 5.41) is 1.19. The van der Waals surface area contributed by atoms with Crippen molar-refractivity contribution in [1.29, 1.82) is 0 Å². The van der Waals surface area contributed by atoms with E-state index < -0.39 is 14.6 Å². The highest BCUT2D eigenvalue weighted by molar-refractivity contribution is 7.92. The molecule has 1 aromatic carbocycles. The number of rotatable bonds is 3. The molecule has 0 saturated carbocycles. The lowest BCUT2D eigenvalue weighted by Crippen LogP contribution is -2.31. The summed E-state index contributed by atoms with van der Waals surface area (Å²) in [6.07, 6.45) is 1.97. The van der Waals surface area contributed by atoms with Crippen LogP contribution in [0.4, 0.5) is 0 Å². The Morgan fingerprint density at radius 3 is 2.47 bits per heavy atom. The van der Waals surface area contributed by atoms with Crippen molar-refractivity contribution in [2.24, 2.45) is 0 Å². The smallest absolute Gasteiger partial charge is 0.156 e. The van der Waals surface area contributed by atoms with Crippen LogP contribution in [0.1, 0.15) is 26.3 Å². The van der Waals surface area contributed by atoms with Gasteiger partial charge in [-0.1, -0.05) is 12.1 Å². The summed E-state index contributed by atoms with van der Waals surface area (Å²) in [7, 11) is -3.07. The highest BCUT2D eigenvalue weighted by atomic mass is 32.2. The second kappa shape index (κ2) is 4.67. The minimum Gasteiger partial charge on any atom is -0.346 e. The molecule has 1 heterocycles. The Morgan fingerprint density at radius 2 is 1.84 bits per heavy atom. The predicted octanol–water partition coefficient (Wildman–Crippen LogP) is 3.16. The minimum absolute atomic E-state index is 0.175. The number of aryl methyl sites for hydroxylation is 2.